The number of fused-ring (bicyclic) bond motifs is 2. The third-order valence-electron chi connectivity index (χ3n) is 15.2. The van der Waals surface area contributed by atoms with E-state index in [0.29, 0.717) is 41.0 Å². The largest absolute Gasteiger partial charge is 0.463 e. The number of hydrogen-bond donors (Lipinski definition) is 0. The van der Waals surface area contributed by atoms with Crippen molar-refractivity contribution in [2.75, 3.05) is 18.1 Å². The summed E-state index contributed by atoms with van der Waals surface area (Å²) in [6, 6.07) is 38.1. The number of esters is 6. The van der Waals surface area contributed by atoms with Gasteiger partial charge in [-0.05, 0) is 201 Å². The van der Waals surface area contributed by atoms with Crippen molar-refractivity contribution in [3.8, 4) is 23.0 Å². The molecule has 0 spiro atoms. The molecule has 0 aromatic heterocycles. The lowest BCUT2D eigenvalue weighted by Gasteiger charge is -2.34. The first-order valence-corrected chi connectivity index (χ1v) is 27.4. The number of nitrogens with zero attached hydrogens (tertiary/aromatic N) is 1. The maximum Gasteiger partial charge on any atom is 0.343 e. The van der Waals surface area contributed by atoms with E-state index in [2.05, 4.69) is 19.1 Å². The Kier molecular flexibility index (Phi) is 27.6. The molecule has 7 unspecified atom stereocenters. The van der Waals surface area contributed by atoms with Crippen LogP contribution in [-0.4, -0.2) is 60.8 Å². The summed E-state index contributed by atoms with van der Waals surface area (Å²) in [5.41, 5.74) is 3.53. The Hall–Kier alpha value is -9.50. The quantitative estimate of drug-likeness (QED) is 0.0217. The van der Waals surface area contributed by atoms with E-state index in [9.17, 15) is 38.4 Å². The Morgan fingerprint density at radius 3 is 1.22 bits per heavy atom. The van der Waals surface area contributed by atoms with Gasteiger partial charge in [-0.3, -0.25) is 14.5 Å². The molecule has 88 heavy (non-hydrogen) atoms. The average Bonchev–Trinajstić information content (AvgIpc) is 2.70. The van der Waals surface area contributed by atoms with Crippen LogP contribution in [0.4, 0.5) is 5.69 Å². The molecule has 466 valence electrons. The van der Waals surface area contributed by atoms with E-state index in [1.165, 1.54) is 77.7 Å². The van der Waals surface area contributed by atoms with Gasteiger partial charge in [-0.1, -0.05) is 113 Å². The Morgan fingerprint density at radius 2 is 0.864 bits per heavy atom. The minimum absolute atomic E-state index is 0. The highest BCUT2D eigenvalue weighted by Crippen LogP contribution is 2.52. The molecule has 2 bridgehead atoms. The van der Waals surface area contributed by atoms with Crippen LogP contribution in [0.25, 0.3) is 12.2 Å². The van der Waals surface area contributed by atoms with Gasteiger partial charge in [0, 0.05) is 18.1 Å². The van der Waals surface area contributed by atoms with Crippen molar-refractivity contribution in [3.05, 3.63) is 209 Å². The topological polar surface area (TPSA) is 195 Å². The summed E-state index contributed by atoms with van der Waals surface area (Å²) >= 11 is 0. The number of anilines is 1. The van der Waals surface area contributed by atoms with Crippen molar-refractivity contribution in [1.29, 1.82) is 0 Å². The molecule has 6 aromatic rings. The summed E-state index contributed by atoms with van der Waals surface area (Å²) in [4.78, 5) is 106. The maximum atomic E-state index is 14.8. The van der Waals surface area contributed by atoms with Crippen LogP contribution in [0.3, 0.4) is 0 Å². The van der Waals surface area contributed by atoms with Crippen molar-refractivity contribution >= 4 is 65.5 Å². The summed E-state index contributed by atoms with van der Waals surface area (Å²) in [5.74, 6) is -3.27. The molecule has 7 atom stereocenters. The fourth-order valence-corrected chi connectivity index (χ4v) is 11.0. The summed E-state index contributed by atoms with van der Waals surface area (Å²) in [6.07, 6.45) is 14.2. The van der Waals surface area contributed by atoms with Crippen molar-refractivity contribution in [2.24, 2.45) is 35.5 Å². The number of carbonyl (C=O) groups is 8. The van der Waals surface area contributed by atoms with Crippen molar-refractivity contribution in [2.45, 2.75) is 104 Å². The molecule has 3 aliphatic rings. The molecule has 2 amide bonds. The summed E-state index contributed by atoms with van der Waals surface area (Å²) in [5, 5.41) is 0. The van der Waals surface area contributed by atoms with E-state index in [0.717, 1.165) is 24.8 Å². The van der Waals surface area contributed by atoms with Gasteiger partial charge >= 0.3 is 35.8 Å². The average molecular weight is 1200 g/mol. The number of benzene rings is 6. The zero-order chi connectivity index (χ0) is 57.9. The Bertz CT molecular complexity index is 3420. The van der Waals surface area contributed by atoms with E-state index >= 15 is 0 Å². The van der Waals surface area contributed by atoms with Gasteiger partial charge < -0.3 is 28.4 Å². The van der Waals surface area contributed by atoms with E-state index < -0.39 is 47.7 Å². The van der Waals surface area contributed by atoms with Gasteiger partial charge in [0.15, 0.2) is 0 Å². The minimum atomic E-state index is -0.706. The number of allylic oxidation sites excluding steroid dienone is 2. The minimum Gasteiger partial charge on any atom is -0.463 e. The molecule has 6 aromatic carbocycles. The molecule has 9 rings (SSSR count). The molecule has 0 radical (unpaired) electrons. The number of rotatable bonds is 21. The predicted molar refractivity (Wildman–Crippen MR) is 345 cm³/mol. The third kappa shape index (κ3) is 17.6. The van der Waals surface area contributed by atoms with Crippen molar-refractivity contribution < 1.29 is 66.8 Å². The predicted octanol–water partition coefficient (Wildman–Crippen LogP) is 16.1. The Morgan fingerprint density at radius 1 is 0.489 bits per heavy atom. The highest BCUT2D eigenvalue weighted by molar-refractivity contribution is 6.22. The van der Waals surface area contributed by atoms with Crippen LogP contribution in [0.15, 0.2) is 170 Å². The highest BCUT2D eigenvalue weighted by Gasteiger charge is 2.51. The molecule has 0 N–H and O–H groups in total. The first-order valence-electron chi connectivity index (χ1n) is 27.4. The van der Waals surface area contributed by atoms with Gasteiger partial charge in [-0.2, -0.15) is 0 Å². The second-order valence-corrected chi connectivity index (χ2v) is 20.4. The van der Waals surface area contributed by atoms with Gasteiger partial charge in [0.2, 0.25) is 11.8 Å². The van der Waals surface area contributed by atoms with Crippen LogP contribution in [0.1, 0.15) is 162 Å². The second-order valence-electron chi connectivity index (χ2n) is 20.4. The van der Waals surface area contributed by atoms with E-state index in [-0.39, 0.29) is 127 Å². The monoisotopic (exact) mass is 1200 g/mol. The Labute approximate surface area is 519 Å². The fourth-order valence-electron chi connectivity index (χ4n) is 11.0. The SMILES string of the molecule is C.C.C.C.C.C.CCOC(=O)/C=C/c1ccc(C(=O)Oc2ccc(C(=O)Oc3ccc(C(CC(CC)C4CC5C=CC4C5)C4C(=O)N(c5ccc(OC(=O)c6ccc(OC(=O)c7ccc(/C=C/C(=O)OCC)cc7)cc6)cc5)C(=O)C4C)cc3)cc2)cc1. The molecular weight excluding hydrogens is 1110 g/mol. The summed E-state index contributed by atoms with van der Waals surface area (Å²) in [7, 11) is 0. The number of hydrogen-bond acceptors (Lipinski definition) is 14. The zero-order valence-corrected chi connectivity index (χ0v) is 45.8. The van der Waals surface area contributed by atoms with Crippen LogP contribution < -0.4 is 23.8 Å². The standard InChI is InChI=1S/C67H61NO14.6CH4/c1-5-45(57-39-44-12-19-51(57)38-44)40-58(46-20-28-53(29-21-46)79-66(75)49-22-30-54(31-23-49)80-64(73)47-15-8-42(9-16-47)13-36-59(69)77-6-2)61-41(4)62(71)68(63(61)72)52-26-34-56(35-27-52)82-67(76)50-24-32-55(33-25-50)81-65(74)48-17-10-43(11-18-48)14-37-60(70)78-7-3;;;;;;/h8-37,41,44-45,51,57-58,61H,5-7,38-40H2,1-4H3;6*1H4/b36-13+,37-14+;;;;;;. The molecule has 15 heteroatoms. The van der Waals surface area contributed by atoms with Gasteiger partial charge in [0.25, 0.3) is 0 Å². The second kappa shape index (κ2) is 33.4. The molecule has 2 fully saturated rings. The normalized spacial score (nSPS) is 17.5. The number of carbonyl (C=O) groups excluding carboxylic acids is 8. The smallest absolute Gasteiger partial charge is 0.343 e. The van der Waals surface area contributed by atoms with Crippen LogP contribution in [0, 0.1) is 35.5 Å². The van der Waals surface area contributed by atoms with Crippen molar-refractivity contribution in [1.82, 2.24) is 0 Å². The molecule has 15 nitrogen and oxygen atoms in total. The lowest BCUT2D eigenvalue weighted by Crippen LogP contribution is -2.33. The lowest BCUT2D eigenvalue weighted by atomic mass is 9.70. The van der Waals surface area contributed by atoms with Gasteiger partial charge in [-0.15, -0.1) is 0 Å². The third-order valence-corrected chi connectivity index (χ3v) is 15.2. The summed E-state index contributed by atoms with van der Waals surface area (Å²) < 4.78 is 32.3. The molecule has 1 saturated heterocycles. The number of amides is 2. The van der Waals surface area contributed by atoms with Crippen LogP contribution in [0.5, 0.6) is 23.0 Å². The zero-order valence-electron chi connectivity index (χ0n) is 45.8. The highest BCUT2D eigenvalue weighted by atomic mass is 16.6. The number of imide groups is 1. The van der Waals surface area contributed by atoms with Gasteiger partial charge in [-0.25, -0.2) is 28.8 Å². The summed E-state index contributed by atoms with van der Waals surface area (Å²) in [6.45, 7) is 7.94. The van der Waals surface area contributed by atoms with Crippen LogP contribution in [0.2, 0.25) is 0 Å². The molecule has 1 heterocycles. The molecular formula is C73H85NO14. The molecule has 1 aliphatic heterocycles. The van der Waals surface area contributed by atoms with E-state index in [4.69, 9.17) is 28.4 Å². The first-order chi connectivity index (χ1) is 39.7. The molecule has 2 aliphatic carbocycles. The van der Waals surface area contributed by atoms with Crippen molar-refractivity contribution in [3.63, 3.8) is 0 Å². The lowest BCUT2D eigenvalue weighted by molar-refractivity contribution is -0.138. The fraction of sp³-hybridized carbons (Fsp3) is 0.315. The first kappa shape index (κ1) is 72.8. The Balaban J connectivity index is 0.00000337. The van der Waals surface area contributed by atoms with Gasteiger partial charge in [0.05, 0.1) is 47.1 Å². The van der Waals surface area contributed by atoms with E-state index in [1.807, 2.05) is 12.1 Å². The molecule has 1 saturated carbocycles. The van der Waals surface area contributed by atoms with Gasteiger partial charge in [0.1, 0.15) is 23.0 Å². The van der Waals surface area contributed by atoms with Crippen LogP contribution in [-0.2, 0) is 28.7 Å². The van der Waals surface area contributed by atoms with E-state index in [1.54, 1.807) is 106 Å². The number of ether oxygens (including phenoxy) is 6. The maximum absolute atomic E-state index is 14.8. The van der Waals surface area contributed by atoms with Crippen LogP contribution >= 0.6 is 0 Å².